The van der Waals surface area contributed by atoms with Gasteiger partial charge in [0.2, 0.25) is 0 Å². The summed E-state index contributed by atoms with van der Waals surface area (Å²) in [7, 11) is -4.48. The van der Waals surface area contributed by atoms with Gasteiger partial charge in [-0.3, -0.25) is 9.59 Å². The maximum Gasteiger partial charge on any atom is 0.433 e. The lowest BCUT2D eigenvalue weighted by atomic mass is 9.96. The maximum absolute atomic E-state index is 13.9. The number of amides is 1. The third-order valence-electron chi connectivity index (χ3n) is 6.69. The van der Waals surface area contributed by atoms with Crippen LogP contribution in [0.1, 0.15) is 52.5 Å². The van der Waals surface area contributed by atoms with E-state index in [1.165, 1.54) is 11.8 Å². The van der Waals surface area contributed by atoms with Gasteiger partial charge in [0.1, 0.15) is 5.82 Å². The minimum Gasteiger partial charge on any atom is -0.339 e. The van der Waals surface area contributed by atoms with Gasteiger partial charge in [-0.25, -0.2) is 18.4 Å². The maximum atomic E-state index is 13.9. The van der Waals surface area contributed by atoms with Gasteiger partial charge in [-0.1, -0.05) is 0 Å². The molecule has 1 atom stereocenters. The van der Waals surface area contributed by atoms with Crippen LogP contribution in [0.25, 0.3) is 11.0 Å². The Hall–Kier alpha value is -3.49. The first kappa shape index (κ1) is 28.5. The van der Waals surface area contributed by atoms with Crippen molar-refractivity contribution in [1.82, 2.24) is 19.9 Å². The number of hydrogen-bond acceptors (Lipinski definition) is 6. The number of alkyl halides is 6. The lowest BCUT2D eigenvalue weighted by Crippen LogP contribution is -2.42. The van der Waals surface area contributed by atoms with Crippen molar-refractivity contribution in [2.75, 3.05) is 13.1 Å². The van der Waals surface area contributed by atoms with Crippen molar-refractivity contribution in [3.05, 3.63) is 63.3 Å². The number of carbonyl (C=O) groups excluding carboxylic acids is 1. The molecule has 1 fully saturated rings. The zero-order valence-corrected chi connectivity index (χ0v) is 21.3. The Morgan fingerprint density at radius 3 is 2.18 bits per heavy atom. The van der Waals surface area contributed by atoms with E-state index in [4.69, 9.17) is 0 Å². The molecule has 1 aromatic carbocycles. The van der Waals surface area contributed by atoms with Crippen LogP contribution in [0.15, 0.2) is 40.0 Å². The van der Waals surface area contributed by atoms with E-state index < -0.39 is 66.6 Å². The number of likely N-dealkylation sites (tertiary alicyclic amines) is 1. The topological polar surface area (TPSA) is 113 Å². The molecule has 0 unspecified atom stereocenters. The second kappa shape index (κ2) is 9.92. The minimum absolute atomic E-state index is 0.0170. The highest BCUT2D eigenvalue weighted by molar-refractivity contribution is 7.91. The van der Waals surface area contributed by atoms with E-state index >= 15 is 0 Å². The summed E-state index contributed by atoms with van der Waals surface area (Å²) in [5.41, 5.74) is -3.51. The van der Waals surface area contributed by atoms with Crippen molar-refractivity contribution >= 4 is 26.8 Å². The van der Waals surface area contributed by atoms with Crippen LogP contribution >= 0.6 is 0 Å². The number of pyridine rings is 1. The number of nitrogens with one attached hydrogen (secondary N) is 1. The summed E-state index contributed by atoms with van der Waals surface area (Å²) in [6, 6.07) is 5.19. The molecule has 8 nitrogen and oxygen atoms in total. The highest BCUT2D eigenvalue weighted by Crippen LogP contribution is 2.39. The molecular formula is C24H22F6N4O4S. The zero-order chi connectivity index (χ0) is 28.9. The number of halogens is 6. The van der Waals surface area contributed by atoms with Gasteiger partial charge in [0.15, 0.2) is 21.2 Å². The third-order valence-corrected chi connectivity index (χ3v) is 8.81. The predicted molar refractivity (Wildman–Crippen MR) is 127 cm³/mol. The molecule has 0 radical (unpaired) electrons. The second-order valence-electron chi connectivity index (χ2n) is 9.27. The Morgan fingerprint density at radius 2 is 1.64 bits per heavy atom. The van der Waals surface area contributed by atoms with E-state index in [1.807, 2.05) is 0 Å². The first-order chi connectivity index (χ1) is 18.0. The Kier molecular flexibility index (Phi) is 7.25. The summed E-state index contributed by atoms with van der Waals surface area (Å²) in [4.78, 5) is 35.5. The predicted octanol–water partition coefficient (Wildman–Crippen LogP) is 4.59. The van der Waals surface area contributed by atoms with E-state index in [0.717, 1.165) is 37.3 Å². The number of sulfone groups is 1. The summed E-state index contributed by atoms with van der Waals surface area (Å²) in [6.45, 7) is 2.13. The average Bonchev–Trinajstić information content (AvgIpc) is 2.86. The summed E-state index contributed by atoms with van der Waals surface area (Å²) in [5.74, 6) is -2.06. The SMILES string of the molecule is Cc1nc2nc(C(F)(F)F)c([C@H](C)S(=O)(=O)c3ccc(C(=O)N4CCC(C(F)(F)F)CC4)cc3)cc2c(=O)[nH]1. The molecule has 1 aliphatic rings. The van der Waals surface area contributed by atoms with Crippen LogP contribution in [0.3, 0.4) is 0 Å². The number of hydrogen-bond donors (Lipinski definition) is 1. The van der Waals surface area contributed by atoms with Crippen LogP contribution in [-0.4, -0.2) is 53.4 Å². The number of carbonyl (C=O) groups is 1. The molecule has 15 heteroatoms. The van der Waals surface area contributed by atoms with Crippen molar-refractivity contribution in [2.24, 2.45) is 5.92 Å². The van der Waals surface area contributed by atoms with E-state index in [2.05, 4.69) is 15.0 Å². The Balaban J connectivity index is 1.63. The fourth-order valence-corrected chi connectivity index (χ4v) is 5.92. The van der Waals surface area contributed by atoms with Crippen LogP contribution in [0.2, 0.25) is 0 Å². The van der Waals surface area contributed by atoms with Crippen molar-refractivity contribution < 1.29 is 39.6 Å². The summed E-state index contributed by atoms with van der Waals surface area (Å²) in [5, 5.41) is -2.12. The van der Waals surface area contributed by atoms with Gasteiger partial charge in [-0.2, -0.15) is 26.3 Å². The Labute approximate surface area is 218 Å². The molecule has 0 spiro atoms. The fraction of sp³-hybridized carbons (Fsp3) is 0.417. The van der Waals surface area contributed by atoms with Gasteiger partial charge in [0.25, 0.3) is 11.5 Å². The van der Waals surface area contributed by atoms with Crippen LogP contribution < -0.4 is 5.56 Å². The molecular weight excluding hydrogens is 554 g/mol. The van der Waals surface area contributed by atoms with Gasteiger partial charge >= 0.3 is 12.4 Å². The summed E-state index contributed by atoms with van der Waals surface area (Å²) in [6.07, 6.45) is -9.91. The van der Waals surface area contributed by atoms with Crippen LogP contribution in [0.5, 0.6) is 0 Å². The highest BCUT2D eigenvalue weighted by atomic mass is 32.2. The van der Waals surface area contributed by atoms with E-state index in [-0.39, 0.29) is 42.7 Å². The highest BCUT2D eigenvalue weighted by Gasteiger charge is 2.42. The molecule has 39 heavy (non-hydrogen) atoms. The quantitative estimate of drug-likeness (QED) is 0.455. The molecule has 0 aliphatic carbocycles. The monoisotopic (exact) mass is 576 g/mol. The fourth-order valence-electron chi connectivity index (χ4n) is 4.48. The smallest absolute Gasteiger partial charge is 0.339 e. The van der Waals surface area contributed by atoms with Gasteiger partial charge in [-0.05, 0) is 57.0 Å². The van der Waals surface area contributed by atoms with Crippen molar-refractivity contribution in [2.45, 2.75) is 49.2 Å². The number of aromatic amines is 1. The molecule has 2 aromatic heterocycles. The van der Waals surface area contributed by atoms with Crippen LogP contribution in [0, 0.1) is 12.8 Å². The third kappa shape index (κ3) is 5.63. The van der Waals surface area contributed by atoms with Gasteiger partial charge < -0.3 is 9.88 Å². The van der Waals surface area contributed by atoms with Crippen LogP contribution in [0.4, 0.5) is 26.3 Å². The largest absolute Gasteiger partial charge is 0.433 e. The first-order valence-electron chi connectivity index (χ1n) is 11.7. The lowest BCUT2D eigenvalue weighted by molar-refractivity contribution is -0.183. The van der Waals surface area contributed by atoms with Gasteiger partial charge in [-0.15, -0.1) is 0 Å². The van der Waals surface area contributed by atoms with Crippen LogP contribution in [-0.2, 0) is 16.0 Å². The van der Waals surface area contributed by atoms with Crippen molar-refractivity contribution in [3.8, 4) is 0 Å². The van der Waals surface area contributed by atoms with E-state index in [9.17, 15) is 44.3 Å². The molecule has 210 valence electrons. The van der Waals surface area contributed by atoms with Crippen molar-refractivity contribution in [1.29, 1.82) is 0 Å². The molecule has 1 saturated heterocycles. The minimum atomic E-state index is -5.05. The number of nitrogens with zero attached hydrogens (tertiary/aromatic N) is 3. The number of piperidine rings is 1. The van der Waals surface area contributed by atoms with E-state index in [1.54, 1.807) is 0 Å². The molecule has 3 heterocycles. The number of aryl methyl sites for hydroxylation is 1. The number of benzene rings is 1. The summed E-state index contributed by atoms with van der Waals surface area (Å²) < 4.78 is 107. The number of H-pyrrole nitrogens is 1. The number of aromatic nitrogens is 3. The molecule has 1 N–H and O–H groups in total. The Bertz CT molecular complexity index is 1580. The lowest BCUT2D eigenvalue weighted by Gasteiger charge is -2.33. The Morgan fingerprint density at radius 1 is 1.05 bits per heavy atom. The molecule has 0 bridgehead atoms. The molecule has 1 amide bonds. The van der Waals surface area contributed by atoms with E-state index in [0.29, 0.717) is 0 Å². The molecule has 1 aliphatic heterocycles. The zero-order valence-electron chi connectivity index (χ0n) is 20.5. The van der Waals surface area contributed by atoms with Crippen molar-refractivity contribution in [3.63, 3.8) is 0 Å². The number of rotatable bonds is 4. The summed E-state index contributed by atoms with van der Waals surface area (Å²) >= 11 is 0. The second-order valence-corrected chi connectivity index (χ2v) is 11.5. The standard InChI is InChI=1S/C24H22F6N4O4S/c1-12(17-11-18-20(31-13(2)32-21(18)35)33-19(17)24(28,29)30)39(37,38)16-5-3-14(4-6-16)22(36)34-9-7-15(8-10-34)23(25,26)27/h3-6,11-12,15H,7-10H2,1-2H3,(H,31,32,33,35)/t12-/m0/s1. The normalized spacial score (nSPS) is 16.5. The molecule has 0 saturated carbocycles. The molecule has 3 aromatic rings. The molecule has 4 rings (SSSR count). The van der Waals surface area contributed by atoms with Gasteiger partial charge in [0.05, 0.1) is 21.4 Å². The van der Waals surface area contributed by atoms with Gasteiger partial charge in [0, 0.05) is 24.2 Å². The first-order valence-corrected chi connectivity index (χ1v) is 13.2. The average molecular weight is 577 g/mol. The number of fused-ring (bicyclic) bond motifs is 1.